The van der Waals surface area contributed by atoms with Crippen LogP contribution in [0.3, 0.4) is 0 Å². The van der Waals surface area contributed by atoms with Crippen LogP contribution in [0.15, 0.2) is 0 Å². The Hall–Kier alpha value is -0.230. The predicted octanol–water partition coefficient (Wildman–Crippen LogP) is 2.90. The number of ether oxygens (including phenoxy) is 2. The second-order valence-electron chi connectivity index (χ2n) is 3.48. The maximum Gasteiger partial charge on any atom is 0.234 e. The van der Waals surface area contributed by atoms with Crippen LogP contribution in [0.2, 0.25) is 0 Å². The lowest BCUT2D eigenvalue weighted by molar-refractivity contribution is -0.233. The fraction of sp³-hybridized carbons (Fsp3) is 0.818. The molecule has 1 rings (SSSR count). The molecule has 1 saturated heterocycles. The van der Waals surface area contributed by atoms with Crippen LogP contribution >= 0.6 is 11.6 Å². The summed E-state index contributed by atoms with van der Waals surface area (Å²) in [5, 5.41) is 2.38. The molecule has 0 aromatic rings. The summed E-state index contributed by atoms with van der Waals surface area (Å²) < 4.78 is 11.1. The van der Waals surface area contributed by atoms with Crippen molar-refractivity contribution in [1.82, 2.24) is 0 Å². The van der Waals surface area contributed by atoms with E-state index in [0.717, 1.165) is 32.5 Å². The minimum atomic E-state index is -0.713. The molecule has 0 N–H and O–H groups in total. The summed E-state index contributed by atoms with van der Waals surface area (Å²) >= 11 is 5.42. The van der Waals surface area contributed by atoms with E-state index in [4.69, 9.17) is 21.1 Å². The van der Waals surface area contributed by atoms with Crippen molar-refractivity contribution in [3.63, 3.8) is 0 Å². The lowest BCUT2D eigenvalue weighted by atomic mass is 10.1. The molecule has 0 aromatic carbocycles. The molecule has 0 radical (unpaired) electrons. The predicted molar refractivity (Wildman–Crippen MR) is 57.0 cm³/mol. The second kappa shape index (κ2) is 6.29. The first kappa shape index (κ1) is 11.8. The van der Waals surface area contributed by atoms with E-state index in [-0.39, 0.29) is 0 Å². The molecule has 1 aliphatic rings. The van der Waals surface area contributed by atoms with Gasteiger partial charge in [-0.25, -0.2) is 0 Å². The Kier molecular flexibility index (Phi) is 5.32. The third-order valence-corrected chi connectivity index (χ3v) is 2.40. The highest BCUT2D eigenvalue weighted by Crippen LogP contribution is 2.24. The molecular weight excluding hydrogens is 200 g/mol. The smallest absolute Gasteiger partial charge is 0.234 e. The second-order valence-corrected chi connectivity index (χ2v) is 3.67. The van der Waals surface area contributed by atoms with Gasteiger partial charge in [-0.15, -0.1) is 0 Å². The van der Waals surface area contributed by atoms with Crippen LogP contribution < -0.4 is 0 Å². The van der Waals surface area contributed by atoms with Crippen LogP contribution in [-0.2, 0) is 9.47 Å². The van der Waals surface area contributed by atoms with Gasteiger partial charge < -0.3 is 9.47 Å². The van der Waals surface area contributed by atoms with Crippen molar-refractivity contribution in [2.75, 3.05) is 13.2 Å². The van der Waals surface area contributed by atoms with Crippen LogP contribution in [-0.4, -0.2) is 19.0 Å². The van der Waals surface area contributed by atoms with Gasteiger partial charge in [0.25, 0.3) is 0 Å². The first-order valence-electron chi connectivity index (χ1n) is 5.24. The number of hydrogen-bond acceptors (Lipinski definition) is 2. The summed E-state index contributed by atoms with van der Waals surface area (Å²) in [7, 11) is 0. The zero-order chi connectivity index (χ0) is 10.3. The Balaban J connectivity index is 2.46. The Morgan fingerprint density at radius 1 is 1.29 bits per heavy atom. The molecule has 0 unspecified atom stereocenters. The lowest BCUT2D eigenvalue weighted by Crippen LogP contribution is -2.39. The van der Waals surface area contributed by atoms with Crippen LogP contribution in [0.25, 0.3) is 0 Å². The molecule has 80 valence electrons. The van der Waals surface area contributed by atoms with E-state index < -0.39 is 5.79 Å². The van der Waals surface area contributed by atoms with Gasteiger partial charge >= 0.3 is 0 Å². The molecule has 0 amide bonds. The maximum absolute atomic E-state index is 5.57. The van der Waals surface area contributed by atoms with Gasteiger partial charge in [-0.2, -0.15) is 0 Å². The monoisotopic (exact) mass is 216 g/mol. The molecule has 1 fully saturated rings. The maximum atomic E-state index is 5.57. The Bertz CT molecular complexity index is 211. The minimum absolute atomic E-state index is 0.713. The molecule has 1 heterocycles. The van der Waals surface area contributed by atoms with E-state index in [9.17, 15) is 0 Å². The van der Waals surface area contributed by atoms with Crippen LogP contribution in [0.5, 0.6) is 0 Å². The van der Waals surface area contributed by atoms with Gasteiger partial charge in [-0.1, -0.05) is 19.8 Å². The van der Waals surface area contributed by atoms with Gasteiger partial charge in [0.15, 0.2) is 0 Å². The van der Waals surface area contributed by atoms with E-state index in [1.807, 2.05) is 0 Å². The first-order chi connectivity index (χ1) is 6.83. The number of hydrogen-bond donors (Lipinski definition) is 0. The van der Waals surface area contributed by atoms with Gasteiger partial charge in [0.1, 0.15) is 0 Å². The molecule has 3 heteroatoms. The Morgan fingerprint density at radius 3 is 2.57 bits per heavy atom. The number of rotatable bonds is 4. The van der Waals surface area contributed by atoms with Crippen molar-refractivity contribution >= 4 is 11.6 Å². The molecule has 0 bridgehead atoms. The highest BCUT2D eigenvalue weighted by atomic mass is 35.5. The minimum Gasteiger partial charge on any atom is -0.340 e. The SMILES string of the molecule is CCCCCC1(C#CCl)OCCCO1. The topological polar surface area (TPSA) is 18.5 Å². The van der Waals surface area contributed by atoms with Gasteiger partial charge in [-0.3, -0.25) is 0 Å². The van der Waals surface area contributed by atoms with Crippen LogP contribution in [0.1, 0.15) is 39.0 Å². The zero-order valence-corrected chi connectivity index (χ0v) is 9.40. The fourth-order valence-electron chi connectivity index (χ4n) is 1.53. The van der Waals surface area contributed by atoms with E-state index in [0.29, 0.717) is 0 Å². The third-order valence-electron chi connectivity index (χ3n) is 2.31. The summed E-state index contributed by atoms with van der Waals surface area (Å²) in [6.07, 6.45) is 5.20. The molecule has 0 saturated carbocycles. The lowest BCUT2D eigenvalue weighted by Gasteiger charge is -2.32. The first-order valence-corrected chi connectivity index (χ1v) is 5.61. The van der Waals surface area contributed by atoms with Crippen molar-refractivity contribution < 1.29 is 9.47 Å². The van der Waals surface area contributed by atoms with Gasteiger partial charge in [0, 0.05) is 11.8 Å². The zero-order valence-electron chi connectivity index (χ0n) is 8.64. The van der Waals surface area contributed by atoms with Crippen molar-refractivity contribution in [1.29, 1.82) is 0 Å². The number of unbranched alkanes of at least 4 members (excludes halogenated alkanes) is 2. The summed E-state index contributed by atoms with van der Waals surface area (Å²) in [6, 6.07) is 0. The van der Waals surface area contributed by atoms with Crippen molar-refractivity contribution in [3.8, 4) is 11.3 Å². The van der Waals surface area contributed by atoms with Gasteiger partial charge in [0.2, 0.25) is 5.79 Å². The van der Waals surface area contributed by atoms with Gasteiger partial charge in [-0.05, 0) is 30.4 Å². The molecule has 0 aromatic heterocycles. The van der Waals surface area contributed by atoms with Crippen molar-refractivity contribution in [2.45, 2.75) is 44.8 Å². The molecule has 0 atom stereocenters. The summed E-state index contributed by atoms with van der Waals surface area (Å²) in [6.45, 7) is 3.61. The Morgan fingerprint density at radius 2 is 2.00 bits per heavy atom. The van der Waals surface area contributed by atoms with E-state index in [2.05, 4.69) is 18.2 Å². The molecular formula is C11H17ClO2. The van der Waals surface area contributed by atoms with Crippen LogP contribution in [0.4, 0.5) is 0 Å². The van der Waals surface area contributed by atoms with Crippen LogP contribution in [0, 0.1) is 11.3 Å². The summed E-state index contributed by atoms with van der Waals surface area (Å²) in [5.74, 6) is 2.11. The molecule has 0 aliphatic carbocycles. The average Bonchev–Trinajstić information content (AvgIpc) is 2.20. The average molecular weight is 217 g/mol. The quantitative estimate of drug-likeness (QED) is 0.532. The van der Waals surface area contributed by atoms with Crippen molar-refractivity contribution in [3.05, 3.63) is 0 Å². The third kappa shape index (κ3) is 3.49. The summed E-state index contributed by atoms with van der Waals surface area (Å²) in [4.78, 5) is 0. The highest BCUT2D eigenvalue weighted by Gasteiger charge is 2.31. The van der Waals surface area contributed by atoms with E-state index >= 15 is 0 Å². The highest BCUT2D eigenvalue weighted by molar-refractivity contribution is 6.30. The van der Waals surface area contributed by atoms with E-state index in [1.165, 1.54) is 12.8 Å². The largest absolute Gasteiger partial charge is 0.340 e. The van der Waals surface area contributed by atoms with Gasteiger partial charge in [0.05, 0.1) is 13.2 Å². The summed E-state index contributed by atoms with van der Waals surface area (Å²) in [5.41, 5.74) is 0. The Labute approximate surface area is 90.9 Å². The standard InChI is InChI=1S/C11H17ClO2/c1-2-3-4-6-11(7-8-12)13-9-5-10-14-11/h2-6,9-10H2,1H3. The molecule has 0 spiro atoms. The number of halogens is 1. The normalized spacial score (nSPS) is 19.9. The van der Waals surface area contributed by atoms with E-state index in [1.54, 1.807) is 0 Å². The molecule has 1 aliphatic heterocycles. The molecule has 14 heavy (non-hydrogen) atoms. The van der Waals surface area contributed by atoms with Crippen molar-refractivity contribution in [2.24, 2.45) is 0 Å². The molecule has 2 nitrogen and oxygen atoms in total. The fourth-order valence-corrected chi connectivity index (χ4v) is 1.68.